The Labute approximate surface area is 131 Å². The molecule has 0 aliphatic carbocycles. The highest BCUT2D eigenvalue weighted by atomic mass is 16.2. The highest BCUT2D eigenvalue weighted by molar-refractivity contribution is 5.73. The summed E-state index contributed by atoms with van der Waals surface area (Å²) in [4.78, 5) is 29.0. The Bertz CT molecular complexity index is 521. The standard InChI is InChI=1S/C15H24N6O/c1-13(22)19-7-9-21(10-8-19)15-11-14(16-12-17-15)20-5-3-18(2)4-6-20/h11-12H,3-10H2,1-2H3. The second kappa shape index (κ2) is 6.48. The van der Waals surface area contributed by atoms with E-state index in [1.807, 2.05) is 4.90 Å². The first-order chi connectivity index (χ1) is 10.6. The quantitative estimate of drug-likeness (QED) is 0.760. The molecule has 0 radical (unpaired) electrons. The second-order valence-electron chi connectivity index (χ2n) is 6.02. The average Bonchev–Trinajstić information content (AvgIpc) is 2.56. The van der Waals surface area contributed by atoms with E-state index in [1.54, 1.807) is 13.3 Å². The third kappa shape index (κ3) is 3.30. The lowest BCUT2D eigenvalue weighted by molar-refractivity contribution is -0.129. The number of carbonyl (C=O) groups excluding carboxylic acids is 1. The molecule has 120 valence electrons. The lowest BCUT2D eigenvalue weighted by Gasteiger charge is -2.36. The molecule has 0 aromatic carbocycles. The van der Waals surface area contributed by atoms with Crippen molar-refractivity contribution in [3.8, 4) is 0 Å². The molecule has 0 unspecified atom stereocenters. The van der Waals surface area contributed by atoms with E-state index in [1.165, 1.54) is 0 Å². The van der Waals surface area contributed by atoms with E-state index in [0.29, 0.717) is 0 Å². The molecule has 2 aliphatic rings. The van der Waals surface area contributed by atoms with Crippen molar-refractivity contribution in [3.05, 3.63) is 12.4 Å². The Morgan fingerprint density at radius 1 is 0.909 bits per heavy atom. The first kappa shape index (κ1) is 15.0. The summed E-state index contributed by atoms with van der Waals surface area (Å²) >= 11 is 0. The summed E-state index contributed by atoms with van der Waals surface area (Å²) in [5.74, 6) is 2.12. The fraction of sp³-hybridized carbons (Fsp3) is 0.667. The predicted molar refractivity (Wildman–Crippen MR) is 86.2 cm³/mol. The van der Waals surface area contributed by atoms with Gasteiger partial charge in [-0.2, -0.15) is 0 Å². The molecule has 0 saturated carbocycles. The molecule has 7 heteroatoms. The van der Waals surface area contributed by atoms with E-state index in [-0.39, 0.29) is 5.91 Å². The van der Waals surface area contributed by atoms with Crippen LogP contribution in [-0.4, -0.2) is 85.1 Å². The van der Waals surface area contributed by atoms with Gasteiger partial charge in [0.05, 0.1) is 0 Å². The van der Waals surface area contributed by atoms with Gasteiger partial charge in [-0.1, -0.05) is 0 Å². The molecule has 0 atom stereocenters. The van der Waals surface area contributed by atoms with Crippen molar-refractivity contribution in [2.75, 3.05) is 69.2 Å². The zero-order valence-corrected chi connectivity index (χ0v) is 13.4. The van der Waals surface area contributed by atoms with Crippen LogP contribution in [0.2, 0.25) is 0 Å². The van der Waals surface area contributed by atoms with E-state index < -0.39 is 0 Å². The number of carbonyl (C=O) groups is 1. The molecule has 1 aromatic rings. The SMILES string of the molecule is CC(=O)N1CCN(c2cc(N3CCN(C)CC3)ncn2)CC1. The van der Waals surface area contributed by atoms with Gasteiger partial charge in [-0.3, -0.25) is 4.79 Å². The van der Waals surface area contributed by atoms with Gasteiger partial charge in [0, 0.05) is 65.3 Å². The van der Waals surface area contributed by atoms with Crippen LogP contribution < -0.4 is 9.80 Å². The molecule has 3 heterocycles. The number of rotatable bonds is 2. The number of likely N-dealkylation sites (N-methyl/N-ethyl adjacent to an activating group) is 1. The fourth-order valence-electron chi connectivity index (χ4n) is 2.97. The van der Waals surface area contributed by atoms with Gasteiger partial charge in [0.1, 0.15) is 18.0 Å². The molecule has 1 amide bonds. The van der Waals surface area contributed by atoms with Crippen molar-refractivity contribution in [3.63, 3.8) is 0 Å². The molecule has 22 heavy (non-hydrogen) atoms. The zero-order chi connectivity index (χ0) is 15.5. The zero-order valence-electron chi connectivity index (χ0n) is 13.4. The first-order valence-corrected chi connectivity index (χ1v) is 7.89. The Hall–Kier alpha value is -1.89. The van der Waals surface area contributed by atoms with E-state index in [4.69, 9.17) is 0 Å². The van der Waals surface area contributed by atoms with Crippen LogP contribution in [0.25, 0.3) is 0 Å². The highest BCUT2D eigenvalue weighted by Gasteiger charge is 2.21. The van der Waals surface area contributed by atoms with Gasteiger partial charge in [0.25, 0.3) is 0 Å². The Morgan fingerprint density at radius 3 is 1.91 bits per heavy atom. The van der Waals surface area contributed by atoms with Crippen LogP contribution in [0.5, 0.6) is 0 Å². The Kier molecular flexibility index (Phi) is 4.42. The van der Waals surface area contributed by atoms with Crippen molar-refractivity contribution in [1.82, 2.24) is 19.8 Å². The van der Waals surface area contributed by atoms with Crippen LogP contribution in [-0.2, 0) is 4.79 Å². The molecule has 1 aromatic heterocycles. The van der Waals surface area contributed by atoms with E-state index in [0.717, 1.165) is 64.0 Å². The lowest BCUT2D eigenvalue weighted by atomic mass is 10.3. The van der Waals surface area contributed by atoms with Gasteiger partial charge in [-0.05, 0) is 7.05 Å². The van der Waals surface area contributed by atoms with E-state index in [2.05, 4.69) is 37.8 Å². The molecule has 2 aliphatic heterocycles. The maximum Gasteiger partial charge on any atom is 0.219 e. The summed E-state index contributed by atoms with van der Waals surface area (Å²) < 4.78 is 0. The summed E-state index contributed by atoms with van der Waals surface area (Å²) in [5, 5.41) is 0. The Morgan fingerprint density at radius 2 is 1.41 bits per heavy atom. The smallest absolute Gasteiger partial charge is 0.219 e. The van der Waals surface area contributed by atoms with Crippen molar-refractivity contribution < 1.29 is 4.79 Å². The summed E-state index contributed by atoms with van der Waals surface area (Å²) in [6.07, 6.45) is 1.65. The van der Waals surface area contributed by atoms with Gasteiger partial charge in [0.15, 0.2) is 0 Å². The minimum atomic E-state index is 0.153. The minimum Gasteiger partial charge on any atom is -0.354 e. The number of aromatic nitrogens is 2. The third-order valence-electron chi connectivity index (χ3n) is 4.51. The number of nitrogens with zero attached hydrogens (tertiary/aromatic N) is 6. The number of hydrogen-bond acceptors (Lipinski definition) is 6. The van der Waals surface area contributed by atoms with E-state index in [9.17, 15) is 4.79 Å². The molecule has 0 spiro atoms. The average molecular weight is 304 g/mol. The molecule has 7 nitrogen and oxygen atoms in total. The van der Waals surface area contributed by atoms with Crippen molar-refractivity contribution in [2.45, 2.75) is 6.92 Å². The molecule has 0 N–H and O–H groups in total. The van der Waals surface area contributed by atoms with Crippen LogP contribution in [0.4, 0.5) is 11.6 Å². The highest BCUT2D eigenvalue weighted by Crippen LogP contribution is 2.20. The molecule has 0 bridgehead atoms. The Balaban J connectivity index is 1.66. The molecule has 2 fully saturated rings. The normalized spacial score (nSPS) is 20.4. The maximum atomic E-state index is 11.4. The van der Waals surface area contributed by atoms with E-state index >= 15 is 0 Å². The van der Waals surface area contributed by atoms with Crippen LogP contribution in [0.1, 0.15) is 6.92 Å². The lowest BCUT2D eigenvalue weighted by Crippen LogP contribution is -2.48. The number of anilines is 2. The first-order valence-electron chi connectivity index (χ1n) is 7.89. The second-order valence-corrected chi connectivity index (χ2v) is 6.02. The van der Waals surface area contributed by atoms with Crippen molar-refractivity contribution in [2.24, 2.45) is 0 Å². The van der Waals surface area contributed by atoms with Gasteiger partial charge >= 0.3 is 0 Å². The van der Waals surface area contributed by atoms with Gasteiger partial charge in [0.2, 0.25) is 5.91 Å². The number of piperazine rings is 2. The number of amides is 1. The van der Waals surface area contributed by atoms with Crippen molar-refractivity contribution >= 4 is 17.5 Å². The summed E-state index contributed by atoms with van der Waals surface area (Å²) in [6, 6.07) is 2.08. The van der Waals surface area contributed by atoms with Crippen LogP contribution in [0.3, 0.4) is 0 Å². The summed E-state index contributed by atoms with van der Waals surface area (Å²) in [6.45, 7) is 8.97. The third-order valence-corrected chi connectivity index (χ3v) is 4.51. The summed E-state index contributed by atoms with van der Waals surface area (Å²) in [5.41, 5.74) is 0. The summed E-state index contributed by atoms with van der Waals surface area (Å²) in [7, 11) is 2.15. The number of hydrogen-bond donors (Lipinski definition) is 0. The van der Waals surface area contributed by atoms with Gasteiger partial charge in [-0.25, -0.2) is 9.97 Å². The minimum absolute atomic E-state index is 0.153. The molecular formula is C15H24N6O. The molecule has 3 rings (SSSR count). The fourth-order valence-corrected chi connectivity index (χ4v) is 2.97. The van der Waals surface area contributed by atoms with Crippen LogP contribution >= 0.6 is 0 Å². The largest absolute Gasteiger partial charge is 0.354 e. The van der Waals surface area contributed by atoms with Crippen LogP contribution in [0, 0.1) is 0 Å². The van der Waals surface area contributed by atoms with Crippen molar-refractivity contribution in [1.29, 1.82) is 0 Å². The van der Waals surface area contributed by atoms with Gasteiger partial charge < -0.3 is 19.6 Å². The monoisotopic (exact) mass is 304 g/mol. The van der Waals surface area contributed by atoms with Crippen LogP contribution in [0.15, 0.2) is 12.4 Å². The maximum absolute atomic E-state index is 11.4. The topological polar surface area (TPSA) is 55.8 Å². The predicted octanol–water partition coefficient (Wildman–Crippen LogP) is -0.103. The molecular weight excluding hydrogens is 280 g/mol. The molecule has 2 saturated heterocycles. The van der Waals surface area contributed by atoms with Gasteiger partial charge in [-0.15, -0.1) is 0 Å².